The van der Waals surface area contributed by atoms with E-state index in [2.05, 4.69) is 10.5 Å². The number of hydrazone groups is 1. The van der Waals surface area contributed by atoms with Crippen LogP contribution in [0.25, 0.3) is 0 Å². The summed E-state index contributed by atoms with van der Waals surface area (Å²) >= 11 is 0. The minimum absolute atomic E-state index is 0.0274. The largest absolute Gasteiger partial charge is 0.271 e. The zero-order valence-corrected chi connectivity index (χ0v) is 18.9. The molecule has 0 aliphatic carbocycles. The number of rotatable bonds is 7. The van der Waals surface area contributed by atoms with Crippen molar-refractivity contribution >= 4 is 27.3 Å². The molecule has 8 heteroatoms. The Balaban J connectivity index is 1.86. The Morgan fingerprint density at radius 2 is 1.44 bits per heavy atom. The molecule has 0 saturated heterocycles. The molecule has 0 aromatic heterocycles. The zero-order valence-electron chi connectivity index (χ0n) is 18.0. The molecule has 0 fully saturated rings. The summed E-state index contributed by atoms with van der Waals surface area (Å²) < 4.78 is 40.9. The summed E-state index contributed by atoms with van der Waals surface area (Å²) in [5.74, 6) is -1.14. The van der Waals surface area contributed by atoms with Gasteiger partial charge in [-0.2, -0.15) is 5.10 Å². The van der Waals surface area contributed by atoms with Crippen LogP contribution in [-0.2, 0) is 14.8 Å². The van der Waals surface area contributed by atoms with Gasteiger partial charge in [-0.05, 0) is 62.7 Å². The SMILES string of the molecule is C/C(=N/NC(=O)CN(c1ccc(F)cc1)S(=O)(=O)c1ccc(C)cc1)c1ccc(C)cc1. The van der Waals surface area contributed by atoms with Gasteiger partial charge < -0.3 is 0 Å². The van der Waals surface area contributed by atoms with Gasteiger partial charge in [0.15, 0.2) is 0 Å². The Bertz CT molecular complexity index is 1220. The first-order valence-corrected chi connectivity index (χ1v) is 11.4. The Labute approximate surface area is 187 Å². The van der Waals surface area contributed by atoms with Crippen LogP contribution >= 0.6 is 0 Å². The lowest BCUT2D eigenvalue weighted by Crippen LogP contribution is -2.39. The summed E-state index contributed by atoms with van der Waals surface area (Å²) in [4.78, 5) is 12.6. The average molecular weight is 454 g/mol. The maximum Gasteiger partial charge on any atom is 0.264 e. The number of amides is 1. The van der Waals surface area contributed by atoms with Crippen LogP contribution in [0.1, 0.15) is 23.6 Å². The molecule has 0 atom stereocenters. The Hall–Kier alpha value is -3.52. The van der Waals surface area contributed by atoms with E-state index in [1.807, 2.05) is 38.1 Å². The molecule has 166 valence electrons. The van der Waals surface area contributed by atoms with Crippen LogP contribution in [0.4, 0.5) is 10.1 Å². The van der Waals surface area contributed by atoms with Gasteiger partial charge in [-0.15, -0.1) is 0 Å². The summed E-state index contributed by atoms with van der Waals surface area (Å²) in [7, 11) is -4.07. The van der Waals surface area contributed by atoms with Gasteiger partial charge in [-0.1, -0.05) is 47.5 Å². The summed E-state index contributed by atoms with van der Waals surface area (Å²) in [5, 5.41) is 4.09. The fourth-order valence-electron chi connectivity index (χ4n) is 2.93. The molecule has 0 saturated carbocycles. The number of sulfonamides is 1. The van der Waals surface area contributed by atoms with Gasteiger partial charge in [0, 0.05) is 0 Å². The van der Waals surface area contributed by atoms with E-state index in [0.717, 1.165) is 33.1 Å². The minimum Gasteiger partial charge on any atom is -0.271 e. The zero-order chi connectivity index (χ0) is 23.3. The predicted octanol–water partition coefficient (Wildman–Crippen LogP) is 4.18. The topological polar surface area (TPSA) is 78.8 Å². The van der Waals surface area contributed by atoms with E-state index in [0.29, 0.717) is 5.71 Å². The molecule has 0 radical (unpaired) electrons. The number of benzene rings is 3. The van der Waals surface area contributed by atoms with Crippen molar-refractivity contribution in [2.75, 3.05) is 10.8 Å². The first-order valence-electron chi connectivity index (χ1n) is 9.92. The van der Waals surface area contributed by atoms with Crippen LogP contribution in [0.2, 0.25) is 0 Å². The normalized spacial score (nSPS) is 11.8. The molecule has 0 aliphatic heterocycles. The van der Waals surface area contributed by atoms with Crippen molar-refractivity contribution < 1.29 is 17.6 Å². The number of anilines is 1. The molecule has 6 nitrogen and oxygen atoms in total. The Kier molecular flexibility index (Phi) is 7.05. The highest BCUT2D eigenvalue weighted by atomic mass is 32.2. The standard InChI is InChI=1S/C24H24FN3O3S/c1-17-4-8-20(9-5-17)19(3)26-27-24(29)16-28(22-12-10-21(25)11-13-22)32(30,31)23-14-6-18(2)7-15-23/h4-15H,16H2,1-3H3,(H,27,29)/b26-19-. The molecule has 32 heavy (non-hydrogen) atoms. The highest BCUT2D eigenvalue weighted by Gasteiger charge is 2.27. The average Bonchev–Trinajstić information content (AvgIpc) is 2.77. The molecule has 0 aliphatic rings. The van der Waals surface area contributed by atoms with Crippen LogP contribution in [-0.4, -0.2) is 26.6 Å². The smallest absolute Gasteiger partial charge is 0.264 e. The van der Waals surface area contributed by atoms with Gasteiger partial charge in [0.05, 0.1) is 16.3 Å². The van der Waals surface area contributed by atoms with Gasteiger partial charge in [0.1, 0.15) is 12.4 Å². The second-order valence-electron chi connectivity index (χ2n) is 7.40. The van der Waals surface area contributed by atoms with Crippen molar-refractivity contribution in [1.29, 1.82) is 0 Å². The van der Waals surface area contributed by atoms with Gasteiger partial charge in [-0.3, -0.25) is 9.10 Å². The number of nitrogens with zero attached hydrogens (tertiary/aromatic N) is 2. The molecule has 3 aromatic carbocycles. The first kappa shape index (κ1) is 23.1. The molecule has 0 spiro atoms. The van der Waals surface area contributed by atoms with Crippen LogP contribution in [0.3, 0.4) is 0 Å². The summed E-state index contributed by atoms with van der Waals surface area (Å²) in [5.41, 5.74) is 5.98. The minimum atomic E-state index is -4.07. The third-order valence-electron chi connectivity index (χ3n) is 4.83. The van der Waals surface area contributed by atoms with E-state index in [9.17, 15) is 17.6 Å². The van der Waals surface area contributed by atoms with Crippen LogP contribution in [0, 0.1) is 19.7 Å². The number of hydrogen-bond donors (Lipinski definition) is 1. The Morgan fingerprint density at radius 3 is 2.00 bits per heavy atom. The fraction of sp³-hybridized carbons (Fsp3) is 0.167. The van der Waals surface area contributed by atoms with Crippen molar-refractivity contribution in [3.63, 3.8) is 0 Å². The number of nitrogens with one attached hydrogen (secondary N) is 1. The van der Waals surface area contributed by atoms with E-state index in [1.165, 1.54) is 24.3 Å². The molecule has 0 unspecified atom stereocenters. The molecule has 3 rings (SSSR count). The van der Waals surface area contributed by atoms with Gasteiger partial charge in [0.25, 0.3) is 15.9 Å². The van der Waals surface area contributed by atoms with E-state index in [4.69, 9.17) is 0 Å². The molecular weight excluding hydrogens is 429 g/mol. The van der Waals surface area contributed by atoms with E-state index in [1.54, 1.807) is 19.1 Å². The van der Waals surface area contributed by atoms with Gasteiger partial charge >= 0.3 is 0 Å². The van der Waals surface area contributed by atoms with Crippen molar-refractivity contribution in [1.82, 2.24) is 5.43 Å². The van der Waals surface area contributed by atoms with E-state index in [-0.39, 0.29) is 10.6 Å². The van der Waals surface area contributed by atoms with E-state index >= 15 is 0 Å². The van der Waals surface area contributed by atoms with Crippen molar-refractivity contribution in [2.45, 2.75) is 25.7 Å². The van der Waals surface area contributed by atoms with Crippen molar-refractivity contribution in [3.8, 4) is 0 Å². The quantitative estimate of drug-likeness (QED) is 0.431. The monoisotopic (exact) mass is 453 g/mol. The molecule has 1 N–H and O–H groups in total. The van der Waals surface area contributed by atoms with Crippen molar-refractivity contribution in [3.05, 3.63) is 95.3 Å². The number of aryl methyl sites for hydroxylation is 2. The fourth-order valence-corrected chi connectivity index (χ4v) is 4.35. The highest BCUT2D eigenvalue weighted by molar-refractivity contribution is 7.92. The van der Waals surface area contributed by atoms with Crippen LogP contribution in [0.15, 0.2) is 82.8 Å². The lowest BCUT2D eigenvalue weighted by atomic mass is 10.1. The third-order valence-corrected chi connectivity index (χ3v) is 6.62. The first-order chi connectivity index (χ1) is 15.2. The van der Waals surface area contributed by atoms with Crippen LogP contribution in [0.5, 0.6) is 0 Å². The summed E-state index contributed by atoms with van der Waals surface area (Å²) in [6, 6.07) is 18.8. The molecule has 1 amide bonds. The second-order valence-corrected chi connectivity index (χ2v) is 9.26. The maximum absolute atomic E-state index is 13.4. The predicted molar refractivity (Wildman–Crippen MR) is 124 cm³/mol. The lowest BCUT2D eigenvalue weighted by Gasteiger charge is -2.23. The van der Waals surface area contributed by atoms with E-state index < -0.39 is 28.3 Å². The second kappa shape index (κ2) is 9.74. The van der Waals surface area contributed by atoms with Gasteiger partial charge in [0.2, 0.25) is 0 Å². The van der Waals surface area contributed by atoms with Gasteiger partial charge in [-0.25, -0.2) is 18.2 Å². The Morgan fingerprint density at radius 1 is 0.906 bits per heavy atom. The highest BCUT2D eigenvalue weighted by Crippen LogP contribution is 2.24. The number of carbonyl (C=O) groups excluding carboxylic acids is 1. The summed E-state index contributed by atoms with van der Waals surface area (Å²) in [6.45, 7) is 5.03. The maximum atomic E-state index is 13.4. The van der Waals surface area contributed by atoms with Crippen molar-refractivity contribution in [2.24, 2.45) is 5.10 Å². The molecule has 0 heterocycles. The molecular formula is C24H24FN3O3S. The third kappa shape index (κ3) is 5.59. The molecule has 0 bridgehead atoms. The number of carbonyl (C=O) groups is 1. The van der Waals surface area contributed by atoms with Crippen LogP contribution < -0.4 is 9.73 Å². The summed E-state index contributed by atoms with van der Waals surface area (Å²) in [6.07, 6.45) is 0. The number of halogens is 1. The molecule has 3 aromatic rings. The number of hydrogen-bond acceptors (Lipinski definition) is 4. The lowest BCUT2D eigenvalue weighted by molar-refractivity contribution is -0.119.